The standard InChI is InChI=1S/C9H11NO.Mn/c1-7-4-3-5-8(6-10-2)9(7)11;/h3-6,11H,1-2H3;. The maximum absolute atomic E-state index is 9.44. The molecule has 0 aliphatic rings. The molecular weight excluding hydrogens is 193 g/mol. The van der Waals surface area contributed by atoms with E-state index in [1.54, 1.807) is 13.3 Å². The van der Waals surface area contributed by atoms with Crippen LogP contribution in [0.4, 0.5) is 0 Å². The Labute approximate surface area is 82.8 Å². The first-order valence-corrected chi connectivity index (χ1v) is 3.46. The molecule has 0 aliphatic heterocycles. The number of aryl methyl sites for hydroxylation is 1. The fourth-order valence-corrected chi connectivity index (χ4v) is 0.925. The summed E-state index contributed by atoms with van der Waals surface area (Å²) in [6.07, 6.45) is 1.64. The molecule has 0 atom stereocenters. The first kappa shape index (κ1) is 11.2. The van der Waals surface area contributed by atoms with E-state index in [1.165, 1.54) is 0 Å². The zero-order valence-corrected chi connectivity index (χ0v) is 8.26. The fourth-order valence-electron chi connectivity index (χ4n) is 0.925. The van der Waals surface area contributed by atoms with Gasteiger partial charge in [-0.25, -0.2) is 0 Å². The van der Waals surface area contributed by atoms with Gasteiger partial charge >= 0.3 is 0 Å². The SMILES string of the molecule is CN=Cc1cccc(C)c1O.[Mn]. The van der Waals surface area contributed by atoms with Crippen LogP contribution < -0.4 is 0 Å². The summed E-state index contributed by atoms with van der Waals surface area (Å²) < 4.78 is 0. The van der Waals surface area contributed by atoms with Gasteiger partial charge in [0.2, 0.25) is 0 Å². The molecule has 0 heterocycles. The van der Waals surface area contributed by atoms with Crippen LogP contribution in [0.1, 0.15) is 11.1 Å². The first-order chi connectivity index (χ1) is 5.25. The summed E-state index contributed by atoms with van der Waals surface area (Å²) in [5.41, 5.74) is 1.65. The average molecular weight is 204 g/mol. The molecule has 3 heteroatoms. The molecule has 1 aromatic rings. The van der Waals surface area contributed by atoms with E-state index in [-0.39, 0.29) is 17.1 Å². The third kappa shape index (κ3) is 2.36. The minimum absolute atomic E-state index is 0. The number of nitrogens with zero attached hydrogens (tertiary/aromatic N) is 1. The Balaban J connectivity index is 0.00000121. The zero-order valence-electron chi connectivity index (χ0n) is 7.08. The van der Waals surface area contributed by atoms with Crippen LogP contribution in [-0.2, 0) is 17.1 Å². The molecule has 0 aromatic heterocycles. The first-order valence-electron chi connectivity index (χ1n) is 3.46. The van der Waals surface area contributed by atoms with Crippen molar-refractivity contribution in [3.8, 4) is 5.75 Å². The van der Waals surface area contributed by atoms with Crippen LogP contribution in [0.5, 0.6) is 5.75 Å². The molecule has 1 aromatic carbocycles. The van der Waals surface area contributed by atoms with Crippen molar-refractivity contribution in [2.45, 2.75) is 6.92 Å². The second kappa shape index (κ2) is 4.96. The molecule has 0 saturated heterocycles. The Morgan fingerprint density at radius 3 is 2.67 bits per heavy atom. The van der Waals surface area contributed by atoms with Crippen LogP contribution >= 0.6 is 0 Å². The summed E-state index contributed by atoms with van der Waals surface area (Å²) in [4.78, 5) is 3.82. The number of phenols is 1. The monoisotopic (exact) mass is 204 g/mol. The third-order valence-electron chi connectivity index (χ3n) is 1.54. The predicted molar refractivity (Wildman–Crippen MR) is 46.4 cm³/mol. The number of hydrogen-bond acceptors (Lipinski definition) is 2. The normalized spacial score (nSPS) is 9.83. The van der Waals surface area contributed by atoms with Gasteiger partial charge in [-0.15, -0.1) is 0 Å². The Morgan fingerprint density at radius 2 is 2.08 bits per heavy atom. The number of para-hydroxylation sites is 1. The van der Waals surface area contributed by atoms with E-state index in [2.05, 4.69) is 4.99 Å². The molecule has 0 unspecified atom stereocenters. The molecule has 0 spiro atoms. The van der Waals surface area contributed by atoms with Crippen molar-refractivity contribution in [3.05, 3.63) is 29.3 Å². The third-order valence-corrected chi connectivity index (χ3v) is 1.54. The van der Waals surface area contributed by atoms with Gasteiger partial charge in [-0.05, 0) is 18.6 Å². The van der Waals surface area contributed by atoms with Crippen molar-refractivity contribution in [1.29, 1.82) is 0 Å². The van der Waals surface area contributed by atoms with E-state index < -0.39 is 0 Å². The molecule has 0 bridgehead atoms. The molecule has 1 N–H and O–H groups in total. The molecule has 1 rings (SSSR count). The van der Waals surface area contributed by atoms with Crippen LogP contribution in [-0.4, -0.2) is 18.4 Å². The zero-order chi connectivity index (χ0) is 8.27. The van der Waals surface area contributed by atoms with E-state index in [4.69, 9.17) is 0 Å². The molecular formula is C9H11MnNO. The molecule has 12 heavy (non-hydrogen) atoms. The van der Waals surface area contributed by atoms with E-state index in [1.807, 2.05) is 25.1 Å². The molecule has 0 aliphatic carbocycles. The van der Waals surface area contributed by atoms with E-state index in [0.29, 0.717) is 5.75 Å². The predicted octanol–water partition coefficient (Wildman–Crippen LogP) is 1.75. The Morgan fingerprint density at radius 1 is 1.42 bits per heavy atom. The van der Waals surface area contributed by atoms with Gasteiger partial charge in [0.25, 0.3) is 0 Å². The maximum atomic E-state index is 9.44. The van der Waals surface area contributed by atoms with Crippen LogP contribution in [0.25, 0.3) is 0 Å². The van der Waals surface area contributed by atoms with Crippen LogP contribution in [0, 0.1) is 6.92 Å². The van der Waals surface area contributed by atoms with Crippen LogP contribution in [0.3, 0.4) is 0 Å². The minimum Gasteiger partial charge on any atom is -0.507 e. The van der Waals surface area contributed by atoms with E-state index in [9.17, 15) is 5.11 Å². The van der Waals surface area contributed by atoms with Gasteiger partial charge in [-0.2, -0.15) is 0 Å². The van der Waals surface area contributed by atoms with Crippen molar-refractivity contribution >= 4 is 6.21 Å². The molecule has 0 fully saturated rings. The number of aromatic hydroxyl groups is 1. The van der Waals surface area contributed by atoms with Crippen molar-refractivity contribution < 1.29 is 22.2 Å². The van der Waals surface area contributed by atoms with Gasteiger partial charge in [0.05, 0.1) is 0 Å². The molecule has 2 nitrogen and oxygen atoms in total. The fraction of sp³-hybridized carbons (Fsp3) is 0.222. The number of aliphatic imine (C=N–C) groups is 1. The van der Waals surface area contributed by atoms with Crippen LogP contribution in [0.2, 0.25) is 0 Å². The Kier molecular flexibility index (Phi) is 4.64. The smallest absolute Gasteiger partial charge is 0.127 e. The molecule has 0 saturated carbocycles. The average Bonchev–Trinajstić information content (AvgIpc) is 1.99. The number of rotatable bonds is 1. The van der Waals surface area contributed by atoms with Gasteiger partial charge in [0.15, 0.2) is 0 Å². The number of hydrogen-bond donors (Lipinski definition) is 1. The van der Waals surface area contributed by atoms with Crippen molar-refractivity contribution in [3.63, 3.8) is 0 Å². The second-order valence-electron chi connectivity index (χ2n) is 2.40. The summed E-state index contributed by atoms with van der Waals surface area (Å²) in [7, 11) is 1.68. The number of benzene rings is 1. The minimum atomic E-state index is 0. The Hall–Kier alpha value is -0.791. The topological polar surface area (TPSA) is 32.6 Å². The van der Waals surface area contributed by atoms with Crippen molar-refractivity contribution in [2.75, 3.05) is 7.05 Å². The summed E-state index contributed by atoms with van der Waals surface area (Å²) in [6, 6.07) is 5.59. The van der Waals surface area contributed by atoms with Crippen LogP contribution in [0.15, 0.2) is 23.2 Å². The van der Waals surface area contributed by atoms with Gasteiger partial charge in [-0.3, -0.25) is 4.99 Å². The van der Waals surface area contributed by atoms with Gasteiger partial charge in [0.1, 0.15) is 5.75 Å². The second-order valence-corrected chi connectivity index (χ2v) is 2.40. The largest absolute Gasteiger partial charge is 0.507 e. The molecule has 1 radical (unpaired) electrons. The molecule has 65 valence electrons. The number of phenolic OH excluding ortho intramolecular Hbond substituents is 1. The molecule has 0 amide bonds. The maximum Gasteiger partial charge on any atom is 0.127 e. The van der Waals surface area contributed by atoms with Crippen molar-refractivity contribution in [1.82, 2.24) is 0 Å². The summed E-state index contributed by atoms with van der Waals surface area (Å²) >= 11 is 0. The summed E-state index contributed by atoms with van der Waals surface area (Å²) in [5.74, 6) is 0.318. The Bertz CT molecular complexity index is 284. The van der Waals surface area contributed by atoms with E-state index in [0.717, 1.165) is 11.1 Å². The van der Waals surface area contributed by atoms with Crippen molar-refractivity contribution in [2.24, 2.45) is 4.99 Å². The van der Waals surface area contributed by atoms with E-state index >= 15 is 0 Å². The summed E-state index contributed by atoms with van der Waals surface area (Å²) in [6.45, 7) is 1.86. The quantitative estimate of drug-likeness (QED) is 0.548. The van der Waals surface area contributed by atoms with Gasteiger partial charge in [0, 0.05) is 35.9 Å². The van der Waals surface area contributed by atoms with Gasteiger partial charge < -0.3 is 5.11 Å². The van der Waals surface area contributed by atoms with Gasteiger partial charge in [-0.1, -0.05) is 12.1 Å². The summed E-state index contributed by atoms with van der Waals surface area (Å²) in [5, 5.41) is 9.44.